The van der Waals surface area contributed by atoms with Crippen molar-refractivity contribution in [3.63, 3.8) is 0 Å². The minimum atomic E-state index is -0.564. The van der Waals surface area contributed by atoms with Gasteiger partial charge in [0.15, 0.2) is 0 Å². The van der Waals surface area contributed by atoms with Gasteiger partial charge in [0.1, 0.15) is 0 Å². The van der Waals surface area contributed by atoms with Gasteiger partial charge in [0.25, 0.3) is 5.91 Å². The number of imidazole rings is 1. The molecule has 4 rings (SSSR count). The van der Waals surface area contributed by atoms with E-state index in [2.05, 4.69) is 34.3 Å². The van der Waals surface area contributed by atoms with E-state index in [0.717, 1.165) is 27.7 Å². The van der Waals surface area contributed by atoms with E-state index in [4.69, 9.17) is 5.21 Å². The normalized spacial score (nSPS) is 10.8. The average Bonchev–Trinajstić information content (AvgIpc) is 3.02. The van der Waals surface area contributed by atoms with Gasteiger partial charge in [-0.25, -0.2) is 10.5 Å². The molecule has 3 N–H and O–H groups in total. The first-order valence-electron chi connectivity index (χ1n) is 8.76. The lowest BCUT2D eigenvalue weighted by Gasteiger charge is -2.08. The molecule has 7 heteroatoms. The van der Waals surface area contributed by atoms with Gasteiger partial charge in [0, 0.05) is 36.3 Å². The zero-order valence-corrected chi connectivity index (χ0v) is 15.5. The van der Waals surface area contributed by atoms with E-state index in [1.54, 1.807) is 29.9 Å². The number of aromatic nitrogens is 3. The molecule has 0 spiro atoms. The molecule has 1 amide bonds. The lowest BCUT2D eigenvalue weighted by molar-refractivity contribution is 0.0706. The maximum Gasteiger partial charge on any atom is 0.274 e. The summed E-state index contributed by atoms with van der Waals surface area (Å²) in [6.07, 6.45) is 3.61. The Balaban J connectivity index is 1.73. The first-order chi connectivity index (χ1) is 13.6. The second-order valence-corrected chi connectivity index (χ2v) is 6.54. The molecule has 0 unspecified atom stereocenters. The lowest BCUT2D eigenvalue weighted by atomic mass is 10.0. The van der Waals surface area contributed by atoms with Gasteiger partial charge in [0.05, 0.1) is 11.0 Å². The van der Waals surface area contributed by atoms with Crippen molar-refractivity contribution in [2.45, 2.75) is 6.92 Å². The largest absolute Gasteiger partial charge is 0.326 e. The molecule has 0 atom stereocenters. The van der Waals surface area contributed by atoms with E-state index in [9.17, 15) is 4.79 Å². The molecule has 0 aliphatic rings. The molecule has 7 nitrogen and oxygen atoms in total. The highest BCUT2D eigenvalue weighted by atomic mass is 16.5. The third kappa shape index (κ3) is 3.19. The smallest absolute Gasteiger partial charge is 0.274 e. The van der Waals surface area contributed by atoms with Gasteiger partial charge in [-0.3, -0.25) is 15.0 Å². The third-order valence-electron chi connectivity index (χ3n) is 4.68. The molecule has 2 heterocycles. The molecule has 0 radical (unpaired) electrons. The Bertz CT molecular complexity index is 1170. The molecular formula is C21H19N5O2. The molecule has 140 valence electrons. The predicted molar refractivity (Wildman–Crippen MR) is 108 cm³/mol. The first kappa shape index (κ1) is 17.7. The van der Waals surface area contributed by atoms with Crippen LogP contribution in [0.3, 0.4) is 0 Å². The third-order valence-corrected chi connectivity index (χ3v) is 4.68. The summed E-state index contributed by atoms with van der Waals surface area (Å²) in [6.45, 7) is 2.06. The molecular weight excluding hydrogens is 354 g/mol. The van der Waals surface area contributed by atoms with Crippen LogP contribution in [0.4, 0.5) is 11.6 Å². The standard InChI is InChI=1S/C21H19N5O2/c1-13-9-18-19(11-17(13)15-6-4-8-22-12-15)26(2)21(24-18)23-16-7-3-5-14(10-16)20(27)25-28/h3-12,28H,1-2H3,(H,23,24)(H,25,27). The van der Waals surface area contributed by atoms with Crippen LogP contribution in [0.1, 0.15) is 15.9 Å². The highest BCUT2D eigenvalue weighted by Crippen LogP contribution is 2.30. The summed E-state index contributed by atoms with van der Waals surface area (Å²) in [5.41, 5.74) is 7.82. The van der Waals surface area contributed by atoms with Crippen LogP contribution in [0.25, 0.3) is 22.2 Å². The van der Waals surface area contributed by atoms with Crippen LogP contribution in [0.2, 0.25) is 0 Å². The van der Waals surface area contributed by atoms with Gasteiger partial charge < -0.3 is 9.88 Å². The van der Waals surface area contributed by atoms with Crippen LogP contribution in [-0.4, -0.2) is 25.6 Å². The van der Waals surface area contributed by atoms with Crippen molar-refractivity contribution in [2.75, 3.05) is 5.32 Å². The van der Waals surface area contributed by atoms with Crippen molar-refractivity contribution in [1.82, 2.24) is 20.0 Å². The molecule has 0 saturated heterocycles. The van der Waals surface area contributed by atoms with Crippen LogP contribution in [0, 0.1) is 6.92 Å². The number of carbonyl (C=O) groups excluding carboxylic acids is 1. The number of hydrogen-bond donors (Lipinski definition) is 3. The fourth-order valence-electron chi connectivity index (χ4n) is 3.22. The second-order valence-electron chi connectivity index (χ2n) is 6.54. The van der Waals surface area contributed by atoms with Gasteiger partial charge in [-0.05, 0) is 54.4 Å². The van der Waals surface area contributed by atoms with E-state index >= 15 is 0 Å². The number of amides is 1. The Morgan fingerprint density at radius 1 is 1.14 bits per heavy atom. The maximum absolute atomic E-state index is 11.6. The minimum Gasteiger partial charge on any atom is -0.326 e. The number of nitrogens with one attached hydrogen (secondary N) is 2. The topological polar surface area (TPSA) is 92.1 Å². The summed E-state index contributed by atoms with van der Waals surface area (Å²) in [6, 6.07) is 15.0. The Morgan fingerprint density at radius 3 is 2.75 bits per heavy atom. The number of hydroxylamine groups is 1. The van der Waals surface area contributed by atoms with E-state index in [1.165, 1.54) is 0 Å². The fourth-order valence-corrected chi connectivity index (χ4v) is 3.22. The van der Waals surface area contributed by atoms with Gasteiger partial charge in [-0.1, -0.05) is 12.1 Å². The summed E-state index contributed by atoms with van der Waals surface area (Å²) in [5, 5.41) is 12.1. The molecule has 0 saturated carbocycles. The Labute approximate surface area is 161 Å². The second kappa shape index (κ2) is 7.13. The van der Waals surface area contributed by atoms with Crippen LogP contribution >= 0.6 is 0 Å². The van der Waals surface area contributed by atoms with Gasteiger partial charge >= 0.3 is 0 Å². The van der Waals surface area contributed by atoms with Gasteiger partial charge in [-0.2, -0.15) is 0 Å². The highest BCUT2D eigenvalue weighted by molar-refractivity contribution is 5.94. The van der Waals surface area contributed by atoms with Crippen LogP contribution < -0.4 is 10.8 Å². The number of fused-ring (bicyclic) bond motifs is 1. The zero-order valence-electron chi connectivity index (χ0n) is 15.5. The van der Waals surface area contributed by atoms with E-state index < -0.39 is 5.91 Å². The van der Waals surface area contributed by atoms with Crippen molar-refractivity contribution in [1.29, 1.82) is 0 Å². The number of carbonyl (C=O) groups is 1. The lowest BCUT2D eigenvalue weighted by Crippen LogP contribution is -2.18. The molecule has 0 aliphatic heterocycles. The summed E-state index contributed by atoms with van der Waals surface area (Å²) in [5.74, 6) is 0.0877. The molecule has 0 aliphatic carbocycles. The highest BCUT2D eigenvalue weighted by Gasteiger charge is 2.13. The van der Waals surface area contributed by atoms with Gasteiger partial charge in [-0.15, -0.1) is 0 Å². The molecule has 0 fully saturated rings. The molecule has 2 aromatic heterocycles. The van der Waals surface area contributed by atoms with E-state index in [0.29, 0.717) is 17.2 Å². The van der Waals surface area contributed by atoms with Crippen LogP contribution in [-0.2, 0) is 7.05 Å². The number of hydrogen-bond acceptors (Lipinski definition) is 5. The molecule has 2 aromatic carbocycles. The monoisotopic (exact) mass is 373 g/mol. The Morgan fingerprint density at radius 2 is 2.00 bits per heavy atom. The number of rotatable bonds is 4. The summed E-state index contributed by atoms with van der Waals surface area (Å²) < 4.78 is 1.97. The molecule has 28 heavy (non-hydrogen) atoms. The molecule has 4 aromatic rings. The summed E-state index contributed by atoms with van der Waals surface area (Å²) in [4.78, 5) is 20.5. The number of nitrogens with zero attached hydrogens (tertiary/aromatic N) is 3. The van der Waals surface area contributed by atoms with Crippen molar-refractivity contribution in [2.24, 2.45) is 7.05 Å². The predicted octanol–water partition coefficient (Wildman–Crippen LogP) is 3.81. The van der Waals surface area contributed by atoms with Gasteiger partial charge in [0.2, 0.25) is 5.95 Å². The minimum absolute atomic E-state index is 0.348. The van der Waals surface area contributed by atoms with Crippen molar-refractivity contribution in [3.05, 3.63) is 72.1 Å². The van der Waals surface area contributed by atoms with Crippen LogP contribution in [0.5, 0.6) is 0 Å². The van der Waals surface area contributed by atoms with Crippen LogP contribution in [0.15, 0.2) is 60.9 Å². The van der Waals surface area contributed by atoms with Crippen molar-refractivity contribution < 1.29 is 10.0 Å². The SMILES string of the molecule is Cc1cc2nc(Nc3cccc(C(=O)NO)c3)n(C)c2cc1-c1cccnc1. The Kier molecular flexibility index (Phi) is 4.50. The quantitative estimate of drug-likeness (QED) is 0.374. The molecule has 0 bridgehead atoms. The maximum atomic E-state index is 11.6. The number of benzene rings is 2. The zero-order chi connectivity index (χ0) is 19.7. The summed E-state index contributed by atoms with van der Waals surface area (Å²) in [7, 11) is 1.93. The van der Waals surface area contributed by atoms with E-state index in [-0.39, 0.29) is 0 Å². The number of pyridine rings is 1. The number of anilines is 2. The number of aryl methyl sites for hydroxylation is 2. The van der Waals surface area contributed by atoms with Crippen molar-refractivity contribution >= 4 is 28.6 Å². The first-order valence-corrected chi connectivity index (χ1v) is 8.76. The Hall–Kier alpha value is -3.71. The van der Waals surface area contributed by atoms with E-state index in [1.807, 2.05) is 36.0 Å². The summed E-state index contributed by atoms with van der Waals surface area (Å²) >= 11 is 0. The fraction of sp³-hybridized carbons (Fsp3) is 0.0952. The van der Waals surface area contributed by atoms with Crippen molar-refractivity contribution in [3.8, 4) is 11.1 Å². The average molecular weight is 373 g/mol.